The summed E-state index contributed by atoms with van der Waals surface area (Å²) in [5, 5.41) is 0. The molecule has 1 aromatic rings. The van der Waals surface area contributed by atoms with Crippen LogP contribution in [-0.4, -0.2) is 43.4 Å². The summed E-state index contributed by atoms with van der Waals surface area (Å²) in [5.41, 5.74) is 0.365. The van der Waals surface area contributed by atoms with Gasteiger partial charge >= 0.3 is 0 Å². The molecule has 0 aliphatic carbocycles. The number of carbonyl (C=O) groups excluding carboxylic acids is 1. The monoisotopic (exact) mass is 357 g/mol. The molecule has 0 spiro atoms. The first-order valence-corrected chi connectivity index (χ1v) is 7.92. The molecular formula is C15H17BrFNO3. The average Bonchev–Trinajstić information content (AvgIpc) is 3.03. The van der Waals surface area contributed by atoms with Gasteiger partial charge < -0.3 is 14.4 Å². The summed E-state index contributed by atoms with van der Waals surface area (Å²) in [5.74, 6) is -0.362. The highest BCUT2D eigenvalue weighted by atomic mass is 79.9. The lowest BCUT2D eigenvalue weighted by Crippen LogP contribution is -2.44. The van der Waals surface area contributed by atoms with Gasteiger partial charge in [-0.15, -0.1) is 0 Å². The topological polar surface area (TPSA) is 38.8 Å². The number of carbonyl (C=O) groups is 1. The molecule has 3 rings (SSSR count). The fourth-order valence-electron chi connectivity index (χ4n) is 2.90. The number of benzene rings is 1. The number of ether oxygens (including phenoxy) is 2. The first-order chi connectivity index (χ1) is 10.1. The summed E-state index contributed by atoms with van der Waals surface area (Å²) in [4.78, 5) is 14.3. The molecule has 4 nitrogen and oxygen atoms in total. The van der Waals surface area contributed by atoms with Gasteiger partial charge in [0, 0.05) is 23.5 Å². The van der Waals surface area contributed by atoms with E-state index in [-0.39, 0.29) is 18.1 Å². The van der Waals surface area contributed by atoms with E-state index in [1.54, 1.807) is 11.0 Å². The highest BCUT2D eigenvalue weighted by Gasteiger charge is 2.33. The molecule has 1 unspecified atom stereocenters. The van der Waals surface area contributed by atoms with E-state index in [2.05, 4.69) is 15.9 Å². The van der Waals surface area contributed by atoms with Crippen molar-refractivity contribution in [3.05, 3.63) is 34.1 Å². The smallest absolute Gasteiger partial charge is 0.255 e. The molecule has 6 heteroatoms. The van der Waals surface area contributed by atoms with Crippen LogP contribution in [-0.2, 0) is 9.47 Å². The number of halogens is 2. The number of amides is 1. The van der Waals surface area contributed by atoms with E-state index in [1.807, 2.05) is 0 Å². The third-order valence-electron chi connectivity index (χ3n) is 3.94. The number of hydrogen-bond donors (Lipinski definition) is 0. The van der Waals surface area contributed by atoms with Crippen LogP contribution >= 0.6 is 15.9 Å². The number of rotatable bonds is 2. The van der Waals surface area contributed by atoms with Crippen LogP contribution in [0.1, 0.15) is 23.2 Å². The molecule has 1 aromatic carbocycles. The second-order valence-electron chi connectivity index (χ2n) is 5.39. The summed E-state index contributed by atoms with van der Waals surface area (Å²) in [6.07, 6.45) is 1.68. The van der Waals surface area contributed by atoms with E-state index < -0.39 is 5.82 Å². The Hall–Kier alpha value is -0.980. The summed E-state index contributed by atoms with van der Waals surface area (Å²) < 4.78 is 25.1. The first-order valence-electron chi connectivity index (χ1n) is 7.12. The Bertz CT molecular complexity index is 534. The van der Waals surface area contributed by atoms with Crippen LogP contribution in [0.4, 0.5) is 4.39 Å². The fraction of sp³-hybridized carbons (Fsp3) is 0.533. The Kier molecular flexibility index (Phi) is 4.57. The largest absolute Gasteiger partial charge is 0.350 e. The van der Waals surface area contributed by atoms with Crippen LogP contribution in [0.25, 0.3) is 0 Å². The number of hydrogen-bond acceptors (Lipinski definition) is 3. The van der Waals surface area contributed by atoms with Gasteiger partial charge in [-0.3, -0.25) is 4.79 Å². The lowest BCUT2D eigenvalue weighted by Gasteiger charge is -2.34. The Morgan fingerprint density at radius 2 is 2.10 bits per heavy atom. The molecule has 0 N–H and O–H groups in total. The molecule has 114 valence electrons. The van der Waals surface area contributed by atoms with E-state index in [9.17, 15) is 9.18 Å². The molecule has 2 saturated heterocycles. The van der Waals surface area contributed by atoms with Crippen LogP contribution in [0.5, 0.6) is 0 Å². The molecule has 1 amide bonds. The molecule has 2 fully saturated rings. The Labute approximate surface area is 131 Å². The maximum absolute atomic E-state index is 13.4. The van der Waals surface area contributed by atoms with Gasteiger partial charge in [-0.05, 0) is 47.0 Å². The standard InChI is InChI=1S/C15H17BrFNO3/c16-13-4-3-11(17)8-12(13)14(19)18-5-1-2-10(9-18)15-20-6-7-21-15/h3-4,8,10,15H,1-2,5-7,9H2. The van der Waals surface area contributed by atoms with Crippen LogP contribution in [0.15, 0.2) is 22.7 Å². The van der Waals surface area contributed by atoms with Crippen molar-refractivity contribution in [3.63, 3.8) is 0 Å². The molecule has 0 radical (unpaired) electrons. The Morgan fingerprint density at radius 3 is 2.86 bits per heavy atom. The first kappa shape index (κ1) is 14.9. The summed E-state index contributed by atoms with van der Waals surface area (Å²) in [7, 11) is 0. The molecular weight excluding hydrogens is 341 g/mol. The SMILES string of the molecule is O=C(c1cc(F)ccc1Br)N1CCCC(C2OCCO2)C1. The van der Waals surface area contributed by atoms with Gasteiger partial charge in [0.25, 0.3) is 5.91 Å². The lowest BCUT2D eigenvalue weighted by atomic mass is 9.96. The van der Waals surface area contributed by atoms with Crippen LogP contribution in [0.2, 0.25) is 0 Å². The summed E-state index contributed by atoms with van der Waals surface area (Å²) in [6, 6.07) is 4.17. The van der Waals surface area contributed by atoms with E-state index in [0.717, 1.165) is 12.8 Å². The molecule has 2 aliphatic rings. The fourth-order valence-corrected chi connectivity index (χ4v) is 3.31. The molecule has 0 saturated carbocycles. The van der Waals surface area contributed by atoms with Gasteiger partial charge in [0.15, 0.2) is 6.29 Å². The van der Waals surface area contributed by atoms with E-state index >= 15 is 0 Å². The highest BCUT2D eigenvalue weighted by Crippen LogP contribution is 2.27. The van der Waals surface area contributed by atoms with Crippen molar-refractivity contribution in [2.45, 2.75) is 19.1 Å². The quantitative estimate of drug-likeness (QED) is 0.816. The maximum atomic E-state index is 13.4. The number of likely N-dealkylation sites (tertiary alicyclic amines) is 1. The van der Waals surface area contributed by atoms with Crippen molar-refractivity contribution in [1.29, 1.82) is 0 Å². The normalized spacial score (nSPS) is 23.5. The van der Waals surface area contributed by atoms with Crippen molar-refractivity contribution in [2.75, 3.05) is 26.3 Å². The number of nitrogens with zero attached hydrogens (tertiary/aromatic N) is 1. The van der Waals surface area contributed by atoms with Gasteiger partial charge in [-0.25, -0.2) is 4.39 Å². The second-order valence-corrected chi connectivity index (χ2v) is 6.24. The number of piperidine rings is 1. The molecule has 2 heterocycles. The van der Waals surface area contributed by atoms with E-state index in [1.165, 1.54) is 12.1 Å². The molecule has 0 bridgehead atoms. The van der Waals surface area contributed by atoms with Crippen molar-refractivity contribution in [3.8, 4) is 0 Å². The van der Waals surface area contributed by atoms with E-state index in [4.69, 9.17) is 9.47 Å². The molecule has 0 aromatic heterocycles. The average molecular weight is 358 g/mol. The van der Waals surface area contributed by atoms with Gasteiger partial charge in [0.1, 0.15) is 5.82 Å². The molecule has 2 aliphatic heterocycles. The van der Waals surface area contributed by atoms with Crippen molar-refractivity contribution >= 4 is 21.8 Å². The Morgan fingerprint density at radius 1 is 1.33 bits per heavy atom. The zero-order valence-electron chi connectivity index (χ0n) is 11.6. The maximum Gasteiger partial charge on any atom is 0.255 e. The predicted octanol–water partition coefficient (Wildman–Crippen LogP) is 2.81. The van der Waals surface area contributed by atoms with Gasteiger partial charge in [0.05, 0.1) is 18.8 Å². The predicted molar refractivity (Wildman–Crippen MR) is 78.4 cm³/mol. The minimum absolute atomic E-state index is 0.149. The zero-order valence-corrected chi connectivity index (χ0v) is 13.1. The van der Waals surface area contributed by atoms with Crippen molar-refractivity contribution < 1.29 is 18.7 Å². The van der Waals surface area contributed by atoms with Crippen LogP contribution in [0, 0.1) is 11.7 Å². The van der Waals surface area contributed by atoms with Crippen LogP contribution < -0.4 is 0 Å². The van der Waals surface area contributed by atoms with Gasteiger partial charge in [-0.2, -0.15) is 0 Å². The third-order valence-corrected chi connectivity index (χ3v) is 4.63. The van der Waals surface area contributed by atoms with Crippen LogP contribution in [0.3, 0.4) is 0 Å². The van der Waals surface area contributed by atoms with Crippen molar-refractivity contribution in [1.82, 2.24) is 4.90 Å². The zero-order chi connectivity index (χ0) is 14.8. The highest BCUT2D eigenvalue weighted by molar-refractivity contribution is 9.10. The second kappa shape index (κ2) is 6.42. The minimum atomic E-state index is -0.405. The lowest BCUT2D eigenvalue weighted by molar-refractivity contribution is -0.0969. The summed E-state index contributed by atoms with van der Waals surface area (Å²) >= 11 is 3.32. The van der Waals surface area contributed by atoms with Gasteiger partial charge in [-0.1, -0.05) is 0 Å². The Balaban J connectivity index is 1.73. The molecule has 21 heavy (non-hydrogen) atoms. The van der Waals surface area contributed by atoms with E-state index in [0.29, 0.717) is 36.3 Å². The minimum Gasteiger partial charge on any atom is -0.350 e. The summed E-state index contributed by atoms with van der Waals surface area (Å²) in [6.45, 7) is 2.51. The third kappa shape index (κ3) is 3.27. The van der Waals surface area contributed by atoms with Gasteiger partial charge in [0.2, 0.25) is 0 Å². The van der Waals surface area contributed by atoms with Crippen molar-refractivity contribution in [2.24, 2.45) is 5.92 Å². The molecule has 1 atom stereocenters.